The van der Waals surface area contributed by atoms with Crippen molar-refractivity contribution in [3.05, 3.63) is 28.0 Å². The number of hydrogen-bond acceptors (Lipinski definition) is 3. The zero-order valence-electron chi connectivity index (χ0n) is 12.0. The average Bonchev–Trinajstić information content (AvgIpc) is 2.39. The van der Waals surface area contributed by atoms with Crippen LogP contribution in [0.3, 0.4) is 0 Å². The molecule has 0 atom stereocenters. The highest BCUT2D eigenvalue weighted by atomic mass is 79.9. The summed E-state index contributed by atoms with van der Waals surface area (Å²) in [5.74, 6) is -0.397. The summed E-state index contributed by atoms with van der Waals surface area (Å²) in [7, 11) is 0. The van der Waals surface area contributed by atoms with Crippen molar-refractivity contribution in [2.75, 3.05) is 18.5 Å². The molecule has 0 heterocycles. The van der Waals surface area contributed by atoms with Crippen molar-refractivity contribution >= 4 is 27.6 Å². The second kappa shape index (κ2) is 8.95. The Morgan fingerprint density at radius 3 is 2.80 bits per heavy atom. The second-order valence-electron chi connectivity index (χ2n) is 4.62. The van der Waals surface area contributed by atoms with E-state index in [1.54, 1.807) is 6.07 Å². The van der Waals surface area contributed by atoms with Crippen LogP contribution in [0.15, 0.2) is 16.6 Å². The summed E-state index contributed by atoms with van der Waals surface area (Å²) in [4.78, 5) is 11.1. The Bertz CT molecular complexity index is 452. The lowest BCUT2D eigenvalue weighted by Crippen LogP contribution is -2.05. The van der Waals surface area contributed by atoms with E-state index in [9.17, 15) is 9.18 Å². The maximum absolute atomic E-state index is 13.4. The van der Waals surface area contributed by atoms with Gasteiger partial charge in [0.25, 0.3) is 0 Å². The number of carbonyl (C=O) groups excluding carboxylic acids is 1. The number of anilines is 1. The van der Waals surface area contributed by atoms with E-state index in [2.05, 4.69) is 21.2 Å². The number of carbonyl (C=O) groups is 1. The van der Waals surface area contributed by atoms with E-state index in [1.807, 2.05) is 13.8 Å². The van der Waals surface area contributed by atoms with E-state index in [4.69, 9.17) is 4.74 Å². The lowest BCUT2D eigenvalue weighted by Gasteiger charge is -2.10. The number of nitrogens with one attached hydrogen (secondary N) is 1. The van der Waals surface area contributed by atoms with Crippen LogP contribution in [0.4, 0.5) is 10.1 Å². The molecular formula is C15H21BrFNO2. The van der Waals surface area contributed by atoms with Gasteiger partial charge in [0, 0.05) is 18.7 Å². The molecule has 0 radical (unpaired) electrons. The van der Waals surface area contributed by atoms with Gasteiger partial charge < -0.3 is 10.1 Å². The van der Waals surface area contributed by atoms with Crippen LogP contribution in [0.1, 0.15) is 38.2 Å². The first-order valence-corrected chi connectivity index (χ1v) is 7.69. The molecule has 0 amide bonds. The Balaban J connectivity index is 2.22. The van der Waals surface area contributed by atoms with Gasteiger partial charge >= 0.3 is 5.97 Å². The fourth-order valence-corrected chi connectivity index (χ4v) is 2.32. The third-order valence-electron chi connectivity index (χ3n) is 2.95. The molecule has 1 rings (SSSR count). The van der Waals surface area contributed by atoms with Crippen molar-refractivity contribution < 1.29 is 13.9 Å². The summed E-state index contributed by atoms with van der Waals surface area (Å²) in [6.07, 6.45) is 3.19. The molecule has 0 spiro atoms. The van der Waals surface area contributed by atoms with Gasteiger partial charge in [-0.05, 0) is 60.3 Å². The van der Waals surface area contributed by atoms with Crippen molar-refractivity contribution in [2.45, 2.75) is 39.5 Å². The zero-order chi connectivity index (χ0) is 15.0. The summed E-state index contributed by atoms with van der Waals surface area (Å²) in [6.45, 7) is 4.95. The van der Waals surface area contributed by atoms with Crippen molar-refractivity contribution in [3.8, 4) is 0 Å². The predicted molar refractivity (Wildman–Crippen MR) is 82.4 cm³/mol. The van der Waals surface area contributed by atoms with Gasteiger partial charge in [0.05, 0.1) is 11.1 Å². The lowest BCUT2D eigenvalue weighted by molar-refractivity contribution is -0.143. The predicted octanol–water partition coefficient (Wildman–Crippen LogP) is 4.43. The van der Waals surface area contributed by atoms with E-state index in [1.165, 1.54) is 6.07 Å². The summed E-state index contributed by atoms with van der Waals surface area (Å²) >= 11 is 3.16. The number of unbranched alkanes of at least 4 members (excludes halogenated alkanes) is 2. The molecule has 5 heteroatoms. The van der Waals surface area contributed by atoms with E-state index in [0.29, 0.717) is 17.5 Å². The molecule has 0 saturated carbocycles. The van der Waals surface area contributed by atoms with Crippen LogP contribution in [-0.4, -0.2) is 19.1 Å². The Labute approximate surface area is 128 Å². The molecule has 1 aromatic carbocycles. The highest BCUT2D eigenvalue weighted by Crippen LogP contribution is 2.23. The standard InChI is InChI=1S/C15H21BrFNO2/c1-3-20-15(19)7-5-4-6-8-18-14-10-13(17)12(16)9-11(14)2/h9-10,18H,3-8H2,1-2H3. The van der Waals surface area contributed by atoms with Crippen molar-refractivity contribution in [1.82, 2.24) is 0 Å². The molecule has 0 aliphatic heterocycles. The van der Waals surface area contributed by atoms with Crippen molar-refractivity contribution in [2.24, 2.45) is 0 Å². The first kappa shape index (κ1) is 17.0. The van der Waals surface area contributed by atoms with Gasteiger partial charge in [0.1, 0.15) is 5.82 Å². The van der Waals surface area contributed by atoms with Crippen LogP contribution in [0, 0.1) is 12.7 Å². The number of benzene rings is 1. The molecule has 1 N–H and O–H groups in total. The van der Waals surface area contributed by atoms with Gasteiger partial charge in [0.2, 0.25) is 0 Å². The fourth-order valence-electron chi connectivity index (χ4n) is 1.86. The third kappa shape index (κ3) is 5.90. The van der Waals surface area contributed by atoms with Crippen LogP contribution in [-0.2, 0) is 9.53 Å². The molecule has 20 heavy (non-hydrogen) atoms. The molecule has 0 unspecified atom stereocenters. The number of rotatable bonds is 8. The van der Waals surface area contributed by atoms with E-state index < -0.39 is 0 Å². The number of ether oxygens (including phenoxy) is 1. The molecule has 0 fully saturated rings. The molecule has 3 nitrogen and oxygen atoms in total. The van der Waals surface area contributed by atoms with E-state index in [0.717, 1.165) is 37.1 Å². The van der Waals surface area contributed by atoms with Gasteiger partial charge in [0.15, 0.2) is 0 Å². The number of esters is 1. The van der Waals surface area contributed by atoms with Gasteiger partial charge in [-0.1, -0.05) is 6.42 Å². The summed E-state index contributed by atoms with van der Waals surface area (Å²) in [6, 6.07) is 3.26. The van der Waals surface area contributed by atoms with E-state index >= 15 is 0 Å². The van der Waals surface area contributed by atoms with Crippen LogP contribution in [0.5, 0.6) is 0 Å². The third-order valence-corrected chi connectivity index (χ3v) is 3.55. The average molecular weight is 346 g/mol. The van der Waals surface area contributed by atoms with Crippen LogP contribution >= 0.6 is 15.9 Å². The van der Waals surface area contributed by atoms with Crippen molar-refractivity contribution in [3.63, 3.8) is 0 Å². The minimum Gasteiger partial charge on any atom is -0.466 e. The van der Waals surface area contributed by atoms with Gasteiger partial charge in [-0.2, -0.15) is 0 Å². The van der Waals surface area contributed by atoms with Gasteiger partial charge in [-0.15, -0.1) is 0 Å². The first-order valence-electron chi connectivity index (χ1n) is 6.89. The van der Waals surface area contributed by atoms with Crippen molar-refractivity contribution in [1.29, 1.82) is 0 Å². The summed E-state index contributed by atoms with van der Waals surface area (Å²) in [5, 5.41) is 3.22. The number of hydrogen-bond donors (Lipinski definition) is 1. The second-order valence-corrected chi connectivity index (χ2v) is 5.48. The highest BCUT2D eigenvalue weighted by Gasteiger charge is 2.05. The molecule has 0 aromatic heterocycles. The normalized spacial score (nSPS) is 10.4. The molecule has 0 saturated heterocycles. The van der Waals surface area contributed by atoms with Crippen LogP contribution in [0.2, 0.25) is 0 Å². The van der Waals surface area contributed by atoms with Crippen LogP contribution < -0.4 is 5.32 Å². The zero-order valence-corrected chi connectivity index (χ0v) is 13.6. The maximum Gasteiger partial charge on any atom is 0.305 e. The Morgan fingerprint density at radius 1 is 1.35 bits per heavy atom. The fraction of sp³-hybridized carbons (Fsp3) is 0.533. The smallest absolute Gasteiger partial charge is 0.305 e. The Kier molecular flexibility index (Phi) is 7.59. The minimum atomic E-state index is -0.264. The number of aryl methyl sites for hydroxylation is 1. The quantitative estimate of drug-likeness (QED) is 0.559. The molecule has 112 valence electrons. The topological polar surface area (TPSA) is 38.3 Å². The maximum atomic E-state index is 13.4. The Morgan fingerprint density at radius 2 is 2.10 bits per heavy atom. The summed E-state index contributed by atoms with van der Waals surface area (Å²) in [5.41, 5.74) is 1.82. The van der Waals surface area contributed by atoms with Crippen LogP contribution in [0.25, 0.3) is 0 Å². The monoisotopic (exact) mass is 345 g/mol. The molecule has 0 aliphatic rings. The summed E-state index contributed by atoms with van der Waals surface area (Å²) < 4.78 is 18.8. The van der Waals surface area contributed by atoms with Gasteiger partial charge in [-0.25, -0.2) is 4.39 Å². The molecular weight excluding hydrogens is 325 g/mol. The highest BCUT2D eigenvalue weighted by molar-refractivity contribution is 9.10. The molecule has 0 bridgehead atoms. The molecule has 0 aliphatic carbocycles. The first-order chi connectivity index (χ1) is 9.54. The Hall–Kier alpha value is -1.10. The SMILES string of the molecule is CCOC(=O)CCCCCNc1cc(F)c(Br)cc1C. The molecule has 1 aromatic rings. The number of halogens is 2. The lowest BCUT2D eigenvalue weighted by atomic mass is 10.1. The largest absolute Gasteiger partial charge is 0.466 e. The van der Waals surface area contributed by atoms with E-state index in [-0.39, 0.29) is 11.8 Å². The minimum absolute atomic E-state index is 0.133. The van der Waals surface area contributed by atoms with Gasteiger partial charge in [-0.3, -0.25) is 4.79 Å².